The minimum absolute atomic E-state index is 0.117. The van der Waals surface area contributed by atoms with Crippen molar-refractivity contribution in [3.05, 3.63) is 0 Å². The Morgan fingerprint density at radius 3 is 2.73 bits per heavy atom. The van der Waals surface area contributed by atoms with Gasteiger partial charge in [-0.05, 0) is 19.9 Å². The SMILES string of the molecule is CCS(=O)(=O)N[C@@H]1CCNCCC1(F)F. The summed E-state index contributed by atoms with van der Waals surface area (Å²) in [4.78, 5) is 0. The maximum Gasteiger partial charge on any atom is 0.265 e. The fraction of sp³-hybridized carbons (Fsp3) is 1.00. The summed E-state index contributed by atoms with van der Waals surface area (Å²) >= 11 is 0. The summed E-state index contributed by atoms with van der Waals surface area (Å²) in [6, 6.07) is -1.28. The molecule has 0 aromatic heterocycles. The Balaban J connectivity index is 2.73. The molecular formula is C8H16F2N2O2S. The summed E-state index contributed by atoms with van der Waals surface area (Å²) in [6.45, 7) is 2.05. The lowest BCUT2D eigenvalue weighted by atomic mass is 10.1. The smallest absolute Gasteiger partial charge is 0.265 e. The van der Waals surface area contributed by atoms with Crippen LogP contribution in [-0.2, 0) is 10.0 Å². The van der Waals surface area contributed by atoms with E-state index in [-0.39, 0.29) is 25.1 Å². The van der Waals surface area contributed by atoms with Gasteiger partial charge < -0.3 is 5.32 Å². The van der Waals surface area contributed by atoms with Crippen LogP contribution in [0.5, 0.6) is 0 Å². The lowest BCUT2D eigenvalue weighted by molar-refractivity contribution is -0.0328. The third-order valence-electron chi connectivity index (χ3n) is 2.46. The van der Waals surface area contributed by atoms with Crippen LogP contribution in [0.1, 0.15) is 19.8 Å². The molecule has 0 aromatic rings. The first-order chi connectivity index (χ1) is 6.87. The fourth-order valence-corrected chi connectivity index (χ4v) is 2.35. The summed E-state index contributed by atoms with van der Waals surface area (Å²) < 4.78 is 51.3. The van der Waals surface area contributed by atoms with Crippen molar-refractivity contribution in [2.24, 2.45) is 0 Å². The van der Waals surface area contributed by atoms with E-state index < -0.39 is 22.0 Å². The predicted molar refractivity (Wildman–Crippen MR) is 53.4 cm³/mol. The first-order valence-electron chi connectivity index (χ1n) is 4.96. The molecule has 0 radical (unpaired) electrons. The van der Waals surface area contributed by atoms with E-state index in [0.717, 1.165) is 0 Å². The fourth-order valence-electron chi connectivity index (χ4n) is 1.46. The Morgan fingerprint density at radius 2 is 2.13 bits per heavy atom. The van der Waals surface area contributed by atoms with Gasteiger partial charge in [-0.2, -0.15) is 0 Å². The lowest BCUT2D eigenvalue weighted by Gasteiger charge is -2.24. The second-order valence-electron chi connectivity index (χ2n) is 3.62. The van der Waals surface area contributed by atoms with Crippen molar-refractivity contribution in [3.63, 3.8) is 0 Å². The van der Waals surface area contributed by atoms with Crippen molar-refractivity contribution in [1.82, 2.24) is 10.0 Å². The highest BCUT2D eigenvalue weighted by molar-refractivity contribution is 7.89. The van der Waals surface area contributed by atoms with Gasteiger partial charge in [0, 0.05) is 13.0 Å². The van der Waals surface area contributed by atoms with Gasteiger partial charge in [-0.15, -0.1) is 0 Å². The highest BCUT2D eigenvalue weighted by Gasteiger charge is 2.41. The molecule has 1 aliphatic rings. The molecule has 1 rings (SSSR count). The number of hydrogen-bond acceptors (Lipinski definition) is 3. The molecule has 0 aromatic carbocycles. The van der Waals surface area contributed by atoms with E-state index in [1.165, 1.54) is 6.92 Å². The van der Waals surface area contributed by atoms with Crippen molar-refractivity contribution >= 4 is 10.0 Å². The molecule has 7 heteroatoms. The average molecular weight is 242 g/mol. The van der Waals surface area contributed by atoms with Gasteiger partial charge >= 0.3 is 0 Å². The van der Waals surface area contributed by atoms with E-state index in [4.69, 9.17) is 0 Å². The maximum atomic E-state index is 13.4. The first kappa shape index (κ1) is 12.8. The topological polar surface area (TPSA) is 58.2 Å². The summed E-state index contributed by atoms with van der Waals surface area (Å²) in [6.07, 6.45) is -0.212. The second kappa shape index (κ2) is 4.71. The van der Waals surface area contributed by atoms with Crippen molar-refractivity contribution in [2.45, 2.75) is 31.7 Å². The number of halogens is 2. The van der Waals surface area contributed by atoms with Gasteiger partial charge in [0.25, 0.3) is 5.92 Å². The molecule has 0 aliphatic carbocycles. The van der Waals surface area contributed by atoms with Crippen LogP contribution in [0.15, 0.2) is 0 Å². The van der Waals surface area contributed by atoms with Crippen LogP contribution >= 0.6 is 0 Å². The molecule has 15 heavy (non-hydrogen) atoms. The Hall–Kier alpha value is -0.270. The van der Waals surface area contributed by atoms with E-state index >= 15 is 0 Å². The van der Waals surface area contributed by atoms with Crippen LogP contribution in [-0.4, -0.2) is 39.2 Å². The van der Waals surface area contributed by atoms with E-state index in [2.05, 4.69) is 10.0 Å². The Morgan fingerprint density at radius 1 is 1.47 bits per heavy atom. The molecule has 1 atom stereocenters. The van der Waals surface area contributed by atoms with Gasteiger partial charge in [0.2, 0.25) is 10.0 Å². The van der Waals surface area contributed by atoms with Crippen LogP contribution in [0.3, 0.4) is 0 Å². The monoisotopic (exact) mass is 242 g/mol. The van der Waals surface area contributed by atoms with Crippen molar-refractivity contribution in [3.8, 4) is 0 Å². The van der Waals surface area contributed by atoms with E-state index in [9.17, 15) is 17.2 Å². The highest BCUT2D eigenvalue weighted by Crippen LogP contribution is 2.26. The molecule has 0 unspecified atom stereocenters. The maximum absolute atomic E-state index is 13.4. The minimum atomic E-state index is -3.56. The van der Waals surface area contributed by atoms with Gasteiger partial charge in [0.1, 0.15) is 0 Å². The van der Waals surface area contributed by atoms with Gasteiger partial charge in [-0.25, -0.2) is 21.9 Å². The van der Waals surface area contributed by atoms with Crippen molar-refractivity contribution < 1.29 is 17.2 Å². The van der Waals surface area contributed by atoms with Crippen LogP contribution in [0.4, 0.5) is 8.78 Å². The van der Waals surface area contributed by atoms with E-state index in [0.29, 0.717) is 6.54 Å². The van der Waals surface area contributed by atoms with E-state index in [1.54, 1.807) is 0 Å². The third kappa shape index (κ3) is 3.66. The number of hydrogen-bond donors (Lipinski definition) is 2. The predicted octanol–water partition coefficient (Wildman–Crippen LogP) is 0.313. The second-order valence-corrected chi connectivity index (χ2v) is 5.67. The van der Waals surface area contributed by atoms with Crippen LogP contribution in [0, 0.1) is 0 Å². The molecule has 1 fully saturated rings. The summed E-state index contributed by atoms with van der Waals surface area (Å²) in [5.74, 6) is -3.14. The Kier molecular flexibility index (Phi) is 4.02. The molecule has 1 saturated heterocycles. The largest absolute Gasteiger partial charge is 0.316 e. The summed E-state index contributed by atoms with van der Waals surface area (Å²) in [7, 11) is -3.56. The number of sulfonamides is 1. The molecular weight excluding hydrogens is 226 g/mol. The molecule has 2 N–H and O–H groups in total. The average Bonchev–Trinajstić information content (AvgIpc) is 2.29. The zero-order valence-electron chi connectivity index (χ0n) is 8.59. The van der Waals surface area contributed by atoms with Crippen LogP contribution in [0.2, 0.25) is 0 Å². The third-order valence-corrected chi connectivity index (χ3v) is 3.86. The molecule has 0 bridgehead atoms. The zero-order valence-corrected chi connectivity index (χ0v) is 9.41. The van der Waals surface area contributed by atoms with Gasteiger partial charge in [0.15, 0.2) is 0 Å². The van der Waals surface area contributed by atoms with Crippen LogP contribution < -0.4 is 10.0 Å². The van der Waals surface area contributed by atoms with Gasteiger partial charge in [-0.3, -0.25) is 0 Å². The molecule has 0 saturated carbocycles. The van der Waals surface area contributed by atoms with E-state index in [1.807, 2.05) is 0 Å². The molecule has 1 aliphatic heterocycles. The van der Waals surface area contributed by atoms with Crippen LogP contribution in [0.25, 0.3) is 0 Å². The van der Waals surface area contributed by atoms with Crippen molar-refractivity contribution in [1.29, 1.82) is 0 Å². The first-order valence-corrected chi connectivity index (χ1v) is 6.61. The van der Waals surface area contributed by atoms with Crippen molar-refractivity contribution in [2.75, 3.05) is 18.8 Å². The number of nitrogens with one attached hydrogen (secondary N) is 2. The number of alkyl halides is 2. The van der Waals surface area contributed by atoms with Gasteiger partial charge in [0.05, 0.1) is 11.8 Å². The molecule has 4 nitrogen and oxygen atoms in total. The quantitative estimate of drug-likeness (QED) is 0.749. The summed E-state index contributed by atoms with van der Waals surface area (Å²) in [5.41, 5.74) is 0. The molecule has 0 spiro atoms. The molecule has 90 valence electrons. The molecule has 1 heterocycles. The Bertz CT molecular complexity index is 306. The highest BCUT2D eigenvalue weighted by atomic mass is 32.2. The molecule has 0 amide bonds. The summed E-state index contributed by atoms with van der Waals surface area (Å²) in [5, 5.41) is 2.82. The standard InChI is InChI=1S/C8H16F2N2O2S/c1-2-15(13,14)12-7-3-5-11-6-4-8(7,9)10/h7,11-12H,2-6H2,1H3/t7-/m1/s1. The number of rotatable bonds is 3. The van der Waals surface area contributed by atoms with Gasteiger partial charge in [-0.1, -0.05) is 0 Å². The lowest BCUT2D eigenvalue weighted by Crippen LogP contribution is -2.47. The Labute approximate surface area is 88.5 Å². The zero-order chi connectivity index (χ0) is 11.5. The minimum Gasteiger partial charge on any atom is -0.316 e. The normalized spacial score (nSPS) is 27.3.